The molecule has 1 rings (SSSR count). The van der Waals surface area contributed by atoms with E-state index >= 15 is 0 Å². The molecule has 1 aromatic carbocycles. The van der Waals surface area contributed by atoms with Crippen LogP contribution in [0.4, 0.5) is 5.69 Å². The molecule has 0 fully saturated rings. The molecule has 5 heteroatoms. The van der Waals surface area contributed by atoms with E-state index in [2.05, 4.69) is 4.74 Å². The summed E-state index contributed by atoms with van der Waals surface area (Å²) in [5.41, 5.74) is 7.03. The fraction of sp³-hybridized carbons (Fsp3) is 0.385. The molecule has 0 aliphatic heterocycles. The summed E-state index contributed by atoms with van der Waals surface area (Å²) in [5.74, 6) is -0.632. The summed E-state index contributed by atoms with van der Waals surface area (Å²) >= 11 is 0. The van der Waals surface area contributed by atoms with Crippen LogP contribution in [0.1, 0.15) is 18.4 Å². The highest BCUT2D eigenvalue weighted by atomic mass is 16.5. The van der Waals surface area contributed by atoms with Gasteiger partial charge in [-0.2, -0.15) is 0 Å². The van der Waals surface area contributed by atoms with Gasteiger partial charge in [0.2, 0.25) is 0 Å². The Morgan fingerprint density at radius 1 is 1.28 bits per heavy atom. The van der Waals surface area contributed by atoms with Crippen LogP contribution in [0.3, 0.4) is 0 Å². The zero-order chi connectivity index (χ0) is 13.4. The van der Waals surface area contributed by atoms with E-state index in [0.29, 0.717) is 12.1 Å². The highest BCUT2D eigenvalue weighted by Gasteiger charge is 2.06. The minimum atomic E-state index is -0.328. The number of nitrogens with two attached hydrogens (primary N) is 1. The lowest BCUT2D eigenvalue weighted by Crippen LogP contribution is -2.10. The van der Waals surface area contributed by atoms with Crippen LogP contribution in [0.2, 0.25) is 0 Å². The molecule has 0 aliphatic rings. The van der Waals surface area contributed by atoms with Crippen LogP contribution in [0.25, 0.3) is 0 Å². The molecule has 0 unspecified atom stereocenters. The van der Waals surface area contributed by atoms with E-state index in [1.165, 1.54) is 7.11 Å². The van der Waals surface area contributed by atoms with Crippen molar-refractivity contribution in [3.8, 4) is 0 Å². The number of benzene rings is 1. The van der Waals surface area contributed by atoms with Gasteiger partial charge in [0.1, 0.15) is 0 Å². The SMILES string of the molecule is COC(=O)CCCOC(=O)Cc1cccc(N)c1. The monoisotopic (exact) mass is 251 g/mol. The van der Waals surface area contributed by atoms with E-state index in [1.54, 1.807) is 18.2 Å². The maximum atomic E-state index is 11.5. The van der Waals surface area contributed by atoms with Crippen molar-refractivity contribution in [3.05, 3.63) is 29.8 Å². The summed E-state index contributed by atoms with van der Waals surface area (Å²) < 4.78 is 9.47. The second-order valence-corrected chi connectivity index (χ2v) is 3.82. The van der Waals surface area contributed by atoms with Crippen LogP contribution < -0.4 is 5.73 Å². The van der Waals surface area contributed by atoms with Gasteiger partial charge in [-0.25, -0.2) is 0 Å². The Hall–Kier alpha value is -2.04. The second-order valence-electron chi connectivity index (χ2n) is 3.82. The highest BCUT2D eigenvalue weighted by molar-refractivity contribution is 5.73. The van der Waals surface area contributed by atoms with Gasteiger partial charge >= 0.3 is 11.9 Å². The number of methoxy groups -OCH3 is 1. The summed E-state index contributed by atoms with van der Waals surface area (Å²) in [4.78, 5) is 22.3. The van der Waals surface area contributed by atoms with Crippen LogP contribution in [0.5, 0.6) is 0 Å². The topological polar surface area (TPSA) is 78.6 Å². The Balaban J connectivity index is 2.24. The van der Waals surface area contributed by atoms with Crippen molar-refractivity contribution in [3.63, 3.8) is 0 Å². The number of anilines is 1. The van der Waals surface area contributed by atoms with E-state index in [1.807, 2.05) is 6.07 Å². The van der Waals surface area contributed by atoms with Gasteiger partial charge in [-0.05, 0) is 24.1 Å². The van der Waals surface area contributed by atoms with Crippen molar-refractivity contribution in [1.82, 2.24) is 0 Å². The molecule has 0 atom stereocenters. The number of ether oxygens (including phenoxy) is 2. The Morgan fingerprint density at radius 2 is 2.06 bits per heavy atom. The van der Waals surface area contributed by atoms with Crippen LogP contribution in [-0.2, 0) is 25.5 Å². The van der Waals surface area contributed by atoms with Crippen molar-refractivity contribution in [2.45, 2.75) is 19.3 Å². The Morgan fingerprint density at radius 3 is 2.72 bits per heavy atom. The first-order chi connectivity index (χ1) is 8.61. The van der Waals surface area contributed by atoms with E-state index < -0.39 is 0 Å². The van der Waals surface area contributed by atoms with Crippen LogP contribution >= 0.6 is 0 Å². The molecular weight excluding hydrogens is 234 g/mol. The lowest BCUT2D eigenvalue weighted by atomic mass is 10.1. The van der Waals surface area contributed by atoms with Crippen LogP contribution in [0, 0.1) is 0 Å². The van der Waals surface area contributed by atoms with Gasteiger partial charge in [0.25, 0.3) is 0 Å². The third-order valence-corrected chi connectivity index (χ3v) is 2.32. The normalized spacial score (nSPS) is 9.83. The summed E-state index contributed by atoms with van der Waals surface area (Å²) in [5, 5.41) is 0. The van der Waals surface area contributed by atoms with Crippen LogP contribution in [-0.4, -0.2) is 25.7 Å². The largest absolute Gasteiger partial charge is 0.469 e. The molecule has 0 aromatic heterocycles. The molecule has 0 spiro atoms. The molecule has 0 aliphatic carbocycles. The molecule has 98 valence electrons. The number of hydrogen-bond acceptors (Lipinski definition) is 5. The molecule has 18 heavy (non-hydrogen) atoms. The smallest absolute Gasteiger partial charge is 0.310 e. The second kappa shape index (κ2) is 7.32. The van der Waals surface area contributed by atoms with Crippen molar-refractivity contribution in [2.24, 2.45) is 0 Å². The molecule has 2 N–H and O–H groups in total. The summed E-state index contributed by atoms with van der Waals surface area (Å²) in [7, 11) is 1.33. The van der Waals surface area contributed by atoms with Gasteiger partial charge in [0, 0.05) is 12.1 Å². The van der Waals surface area contributed by atoms with E-state index in [0.717, 1.165) is 5.56 Å². The number of nitrogen functional groups attached to an aromatic ring is 1. The summed E-state index contributed by atoms with van der Waals surface area (Å²) in [6, 6.07) is 7.09. The van der Waals surface area contributed by atoms with Gasteiger partial charge in [-0.15, -0.1) is 0 Å². The van der Waals surface area contributed by atoms with Gasteiger partial charge in [-0.1, -0.05) is 12.1 Å². The van der Waals surface area contributed by atoms with E-state index in [-0.39, 0.29) is 31.4 Å². The number of rotatable bonds is 6. The molecule has 5 nitrogen and oxygen atoms in total. The van der Waals surface area contributed by atoms with Gasteiger partial charge < -0.3 is 15.2 Å². The molecule has 0 saturated heterocycles. The summed E-state index contributed by atoms with van der Waals surface area (Å²) in [6.45, 7) is 0.219. The number of hydrogen-bond donors (Lipinski definition) is 1. The van der Waals surface area contributed by atoms with Gasteiger partial charge in [0.05, 0.1) is 20.1 Å². The zero-order valence-corrected chi connectivity index (χ0v) is 10.3. The number of carbonyl (C=O) groups excluding carboxylic acids is 2. The predicted octanol–water partition coefficient (Wildman–Crippen LogP) is 1.31. The first-order valence-electron chi connectivity index (χ1n) is 5.68. The quantitative estimate of drug-likeness (QED) is 0.468. The first-order valence-corrected chi connectivity index (χ1v) is 5.68. The Kier molecular flexibility index (Phi) is 5.70. The van der Waals surface area contributed by atoms with E-state index in [9.17, 15) is 9.59 Å². The van der Waals surface area contributed by atoms with Crippen molar-refractivity contribution >= 4 is 17.6 Å². The fourth-order valence-corrected chi connectivity index (χ4v) is 1.43. The number of esters is 2. The highest BCUT2D eigenvalue weighted by Crippen LogP contribution is 2.08. The number of carbonyl (C=O) groups is 2. The fourth-order valence-electron chi connectivity index (χ4n) is 1.43. The third kappa shape index (κ3) is 5.34. The third-order valence-electron chi connectivity index (χ3n) is 2.32. The maximum Gasteiger partial charge on any atom is 0.310 e. The molecule has 0 heterocycles. The average molecular weight is 251 g/mol. The average Bonchev–Trinajstić information content (AvgIpc) is 2.34. The van der Waals surface area contributed by atoms with Gasteiger partial charge in [0.15, 0.2) is 0 Å². The Labute approximate surface area is 106 Å². The molecule has 0 saturated carbocycles. The lowest BCUT2D eigenvalue weighted by Gasteiger charge is -2.05. The predicted molar refractivity (Wildman–Crippen MR) is 66.8 cm³/mol. The first kappa shape index (κ1) is 14.0. The van der Waals surface area contributed by atoms with Crippen LogP contribution in [0.15, 0.2) is 24.3 Å². The zero-order valence-electron chi connectivity index (χ0n) is 10.3. The summed E-state index contributed by atoms with van der Waals surface area (Å²) in [6.07, 6.45) is 0.903. The molecule has 1 aromatic rings. The minimum absolute atomic E-state index is 0.184. The molecule has 0 bridgehead atoms. The van der Waals surface area contributed by atoms with E-state index in [4.69, 9.17) is 10.5 Å². The Bertz CT molecular complexity index is 417. The lowest BCUT2D eigenvalue weighted by molar-refractivity contribution is -0.145. The molecule has 0 radical (unpaired) electrons. The van der Waals surface area contributed by atoms with Crippen molar-refractivity contribution in [1.29, 1.82) is 0 Å². The molecular formula is C13H17NO4. The van der Waals surface area contributed by atoms with Crippen molar-refractivity contribution < 1.29 is 19.1 Å². The molecule has 0 amide bonds. The maximum absolute atomic E-state index is 11.5. The van der Waals surface area contributed by atoms with Crippen molar-refractivity contribution in [2.75, 3.05) is 19.5 Å². The standard InChI is InChI=1S/C13H17NO4/c1-17-12(15)6-3-7-18-13(16)9-10-4-2-5-11(14)8-10/h2,4-5,8H,3,6-7,9,14H2,1H3. The minimum Gasteiger partial charge on any atom is -0.469 e. The van der Waals surface area contributed by atoms with Gasteiger partial charge in [-0.3, -0.25) is 9.59 Å².